The quantitative estimate of drug-likeness (QED) is 0.717. The molecule has 3 amide bonds. The molecule has 1 aromatic heterocycles. The summed E-state index contributed by atoms with van der Waals surface area (Å²) < 4.78 is 5.40. The highest BCUT2D eigenvalue weighted by molar-refractivity contribution is 5.91. The van der Waals surface area contributed by atoms with Crippen molar-refractivity contribution >= 4 is 11.9 Å². The van der Waals surface area contributed by atoms with Crippen LogP contribution in [0, 0.1) is 12.8 Å². The molecular weight excluding hydrogens is 330 g/mol. The molecule has 1 aliphatic rings. The van der Waals surface area contributed by atoms with E-state index in [1.165, 1.54) is 19.3 Å². The summed E-state index contributed by atoms with van der Waals surface area (Å²) in [5, 5.41) is 3.00. The zero-order chi connectivity index (χ0) is 18.9. The van der Waals surface area contributed by atoms with E-state index in [9.17, 15) is 9.59 Å². The number of piperazine rings is 1. The largest absolute Gasteiger partial charge is 0.456 e. The molecule has 0 aliphatic carbocycles. The summed E-state index contributed by atoms with van der Waals surface area (Å²) >= 11 is 0. The molecule has 1 N–H and O–H groups in total. The van der Waals surface area contributed by atoms with E-state index in [0.717, 1.165) is 31.1 Å². The molecule has 0 bridgehead atoms. The zero-order valence-corrected chi connectivity index (χ0v) is 16.4. The summed E-state index contributed by atoms with van der Waals surface area (Å²) in [6.45, 7) is 9.26. The van der Waals surface area contributed by atoms with Gasteiger partial charge in [0.05, 0.1) is 0 Å². The maximum atomic E-state index is 12.3. The molecule has 0 radical (unpaired) electrons. The molecule has 0 aromatic carbocycles. The smallest absolute Gasteiger partial charge is 0.317 e. The number of urea groups is 1. The van der Waals surface area contributed by atoms with Crippen LogP contribution in [0.3, 0.4) is 0 Å². The van der Waals surface area contributed by atoms with Crippen LogP contribution in [-0.4, -0.2) is 54.5 Å². The van der Waals surface area contributed by atoms with Crippen LogP contribution < -0.4 is 5.32 Å². The normalized spacial score (nSPS) is 14.8. The minimum Gasteiger partial charge on any atom is -0.456 e. The first kappa shape index (κ1) is 20.3. The van der Waals surface area contributed by atoms with Gasteiger partial charge in [0.1, 0.15) is 5.76 Å². The standard InChI is InChI=1S/C20H33N3O3/c1-16(2)8-6-4-5-7-11-21-20(25)23-14-12-22(13-15-23)19(24)18-10-9-17(3)26-18/h9-10,16H,4-8,11-15H2,1-3H3,(H,21,25). The van der Waals surface area contributed by atoms with E-state index >= 15 is 0 Å². The van der Waals surface area contributed by atoms with Crippen LogP contribution in [-0.2, 0) is 0 Å². The summed E-state index contributed by atoms with van der Waals surface area (Å²) in [6.07, 6.45) is 5.99. The lowest BCUT2D eigenvalue weighted by Gasteiger charge is -2.34. The third-order valence-electron chi connectivity index (χ3n) is 4.79. The molecule has 2 rings (SSSR count). The predicted molar refractivity (Wildman–Crippen MR) is 102 cm³/mol. The van der Waals surface area contributed by atoms with E-state index < -0.39 is 0 Å². The van der Waals surface area contributed by atoms with Crippen molar-refractivity contribution in [2.24, 2.45) is 5.92 Å². The Bertz CT molecular complexity index is 575. The van der Waals surface area contributed by atoms with Crippen LogP contribution in [0.1, 0.15) is 62.3 Å². The van der Waals surface area contributed by atoms with Gasteiger partial charge in [0.2, 0.25) is 0 Å². The highest BCUT2D eigenvalue weighted by Crippen LogP contribution is 2.12. The fourth-order valence-electron chi connectivity index (χ4n) is 3.16. The van der Waals surface area contributed by atoms with E-state index in [1.807, 2.05) is 6.92 Å². The van der Waals surface area contributed by atoms with Crippen LogP contribution >= 0.6 is 0 Å². The molecule has 0 spiro atoms. The molecule has 1 aliphatic heterocycles. The molecule has 6 nitrogen and oxygen atoms in total. The number of carbonyl (C=O) groups is 2. The van der Waals surface area contributed by atoms with Gasteiger partial charge in [-0.15, -0.1) is 0 Å². The molecule has 0 saturated carbocycles. The molecule has 0 unspecified atom stereocenters. The Labute approximate surface area is 156 Å². The number of nitrogens with zero attached hydrogens (tertiary/aromatic N) is 2. The first-order valence-electron chi connectivity index (χ1n) is 9.86. The van der Waals surface area contributed by atoms with Gasteiger partial charge in [0.25, 0.3) is 5.91 Å². The monoisotopic (exact) mass is 363 g/mol. The van der Waals surface area contributed by atoms with Gasteiger partial charge in [-0.3, -0.25) is 4.79 Å². The lowest BCUT2D eigenvalue weighted by Crippen LogP contribution is -2.53. The van der Waals surface area contributed by atoms with E-state index in [2.05, 4.69) is 19.2 Å². The van der Waals surface area contributed by atoms with Crippen LogP contribution in [0.4, 0.5) is 4.79 Å². The number of amides is 3. The average molecular weight is 364 g/mol. The van der Waals surface area contributed by atoms with Gasteiger partial charge in [0, 0.05) is 32.7 Å². The highest BCUT2D eigenvalue weighted by Gasteiger charge is 2.26. The lowest BCUT2D eigenvalue weighted by atomic mass is 10.0. The second kappa shape index (κ2) is 10.2. The molecule has 26 heavy (non-hydrogen) atoms. The molecule has 2 heterocycles. The van der Waals surface area contributed by atoms with Crippen molar-refractivity contribution < 1.29 is 14.0 Å². The molecule has 1 saturated heterocycles. The van der Waals surface area contributed by atoms with E-state index in [0.29, 0.717) is 31.9 Å². The maximum Gasteiger partial charge on any atom is 0.317 e. The fraction of sp³-hybridized carbons (Fsp3) is 0.700. The first-order valence-corrected chi connectivity index (χ1v) is 9.86. The minimum atomic E-state index is -0.0976. The fourth-order valence-corrected chi connectivity index (χ4v) is 3.16. The van der Waals surface area contributed by atoms with E-state index in [1.54, 1.807) is 21.9 Å². The summed E-state index contributed by atoms with van der Waals surface area (Å²) in [5.41, 5.74) is 0. The van der Waals surface area contributed by atoms with Crippen molar-refractivity contribution in [3.8, 4) is 0 Å². The van der Waals surface area contributed by atoms with Gasteiger partial charge in [-0.05, 0) is 31.4 Å². The molecule has 1 fully saturated rings. The number of furan rings is 1. The number of unbranched alkanes of at least 4 members (excludes halogenated alkanes) is 3. The second-order valence-corrected chi connectivity index (χ2v) is 7.52. The van der Waals surface area contributed by atoms with Crippen LogP contribution in [0.5, 0.6) is 0 Å². The number of rotatable bonds is 8. The Hall–Kier alpha value is -1.98. The molecular formula is C20H33N3O3. The zero-order valence-electron chi connectivity index (χ0n) is 16.4. The Kier molecular flexibility index (Phi) is 8.01. The summed E-state index contributed by atoms with van der Waals surface area (Å²) in [6, 6.07) is 3.48. The van der Waals surface area contributed by atoms with Crippen LogP contribution in [0.2, 0.25) is 0 Å². The summed E-state index contributed by atoms with van der Waals surface area (Å²) in [4.78, 5) is 28.1. The molecule has 6 heteroatoms. The number of carbonyl (C=O) groups excluding carboxylic acids is 2. The Morgan fingerprint density at radius 1 is 1.04 bits per heavy atom. The first-order chi connectivity index (χ1) is 12.5. The summed E-state index contributed by atoms with van der Waals surface area (Å²) in [5.74, 6) is 1.78. The van der Waals surface area contributed by atoms with Gasteiger partial charge in [0.15, 0.2) is 5.76 Å². The highest BCUT2D eigenvalue weighted by atomic mass is 16.3. The number of hydrogen-bond donors (Lipinski definition) is 1. The van der Waals surface area contributed by atoms with Crippen molar-refractivity contribution in [2.75, 3.05) is 32.7 Å². The van der Waals surface area contributed by atoms with Crippen molar-refractivity contribution in [2.45, 2.75) is 52.9 Å². The van der Waals surface area contributed by atoms with E-state index in [4.69, 9.17) is 4.42 Å². The van der Waals surface area contributed by atoms with Crippen molar-refractivity contribution in [3.63, 3.8) is 0 Å². The van der Waals surface area contributed by atoms with Crippen molar-refractivity contribution in [1.29, 1.82) is 0 Å². The topological polar surface area (TPSA) is 65.8 Å². The predicted octanol–water partition coefficient (Wildman–Crippen LogP) is 3.66. The van der Waals surface area contributed by atoms with E-state index in [-0.39, 0.29) is 11.9 Å². The van der Waals surface area contributed by atoms with Crippen LogP contribution in [0.15, 0.2) is 16.5 Å². The maximum absolute atomic E-state index is 12.3. The van der Waals surface area contributed by atoms with Crippen molar-refractivity contribution in [3.05, 3.63) is 23.7 Å². The third kappa shape index (κ3) is 6.39. The third-order valence-corrected chi connectivity index (χ3v) is 4.79. The van der Waals surface area contributed by atoms with Gasteiger partial charge >= 0.3 is 6.03 Å². The van der Waals surface area contributed by atoms with Gasteiger partial charge in [-0.2, -0.15) is 0 Å². The van der Waals surface area contributed by atoms with Crippen molar-refractivity contribution in [1.82, 2.24) is 15.1 Å². The Balaban J connectivity index is 1.60. The minimum absolute atomic E-state index is 0.0203. The molecule has 146 valence electrons. The number of aryl methyl sites for hydroxylation is 1. The molecule has 0 atom stereocenters. The SMILES string of the molecule is Cc1ccc(C(=O)N2CCN(C(=O)NCCCCCCC(C)C)CC2)o1. The number of nitrogens with one attached hydrogen (secondary N) is 1. The lowest BCUT2D eigenvalue weighted by molar-refractivity contribution is 0.0633. The molecule has 1 aromatic rings. The average Bonchev–Trinajstić information content (AvgIpc) is 3.06. The number of hydrogen-bond acceptors (Lipinski definition) is 3. The Morgan fingerprint density at radius 2 is 1.69 bits per heavy atom. The van der Waals surface area contributed by atoms with Gasteiger partial charge < -0.3 is 19.5 Å². The van der Waals surface area contributed by atoms with Gasteiger partial charge in [-0.25, -0.2) is 4.79 Å². The van der Waals surface area contributed by atoms with Gasteiger partial charge in [-0.1, -0.05) is 39.5 Å². The van der Waals surface area contributed by atoms with Crippen LogP contribution in [0.25, 0.3) is 0 Å². The summed E-state index contributed by atoms with van der Waals surface area (Å²) in [7, 11) is 0. The second-order valence-electron chi connectivity index (χ2n) is 7.52. The Morgan fingerprint density at radius 3 is 2.31 bits per heavy atom.